The Morgan fingerprint density at radius 1 is 0.840 bits per heavy atom. The predicted molar refractivity (Wildman–Crippen MR) is 90.4 cm³/mol. The first-order chi connectivity index (χ1) is 12.0. The minimum atomic E-state index is -1.17. The fourth-order valence-electron chi connectivity index (χ4n) is 3.29. The van der Waals surface area contributed by atoms with Gasteiger partial charge in [-0.15, -0.1) is 0 Å². The van der Waals surface area contributed by atoms with Crippen LogP contribution in [0.2, 0.25) is 0 Å². The summed E-state index contributed by atoms with van der Waals surface area (Å²) in [5.41, 5.74) is 0.458. The molecule has 3 aromatic rings. The summed E-state index contributed by atoms with van der Waals surface area (Å²) in [6.45, 7) is 0. The van der Waals surface area contributed by atoms with Gasteiger partial charge in [0.2, 0.25) is 0 Å². The van der Waals surface area contributed by atoms with E-state index in [4.69, 9.17) is 5.11 Å². The van der Waals surface area contributed by atoms with E-state index in [0.717, 1.165) is 10.8 Å². The molecule has 0 aliphatic heterocycles. The Morgan fingerprint density at radius 2 is 1.48 bits per heavy atom. The number of rotatable bonds is 2. The van der Waals surface area contributed by atoms with Gasteiger partial charge < -0.3 is 10.2 Å². The molecule has 25 heavy (non-hydrogen) atoms. The molecule has 1 unspecified atom stereocenters. The van der Waals surface area contributed by atoms with Crippen LogP contribution in [0.25, 0.3) is 10.8 Å². The summed E-state index contributed by atoms with van der Waals surface area (Å²) in [5.74, 6) is -3.36. The monoisotopic (exact) mass is 332 g/mol. The number of phenols is 1. The van der Waals surface area contributed by atoms with Gasteiger partial charge in [0.25, 0.3) is 0 Å². The van der Waals surface area contributed by atoms with Crippen molar-refractivity contribution in [2.45, 2.75) is 5.92 Å². The van der Waals surface area contributed by atoms with Crippen LogP contribution in [-0.4, -0.2) is 27.7 Å². The zero-order valence-electron chi connectivity index (χ0n) is 12.9. The summed E-state index contributed by atoms with van der Waals surface area (Å²) in [6, 6.07) is 14.4. The Morgan fingerprint density at radius 3 is 2.16 bits per heavy atom. The second-order valence-electron chi connectivity index (χ2n) is 5.99. The third-order valence-electron chi connectivity index (χ3n) is 4.53. The molecule has 0 heterocycles. The summed E-state index contributed by atoms with van der Waals surface area (Å²) in [6.07, 6.45) is 0. The molecule has 1 atom stereocenters. The number of phenolic OH excluding ortho intramolecular Hbond substituents is 1. The van der Waals surface area contributed by atoms with E-state index in [0.29, 0.717) is 0 Å². The van der Waals surface area contributed by atoms with Crippen molar-refractivity contribution in [1.82, 2.24) is 0 Å². The highest BCUT2D eigenvalue weighted by molar-refractivity contribution is 6.30. The molecule has 0 aromatic heterocycles. The molecule has 3 aromatic carbocycles. The number of aromatic hydroxyl groups is 1. The number of aromatic carboxylic acids is 1. The van der Waals surface area contributed by atoms with Gasteiger partial charge in [-0.1, -0.05) is 24.3 Å². The maximum atomic E-state index is 12.7. The van der Waals surface area contributed by atoms with Crippen molar-refractivity contribution in [1.29, 1.82) is 0 Å². The van der Waals surface area contributed by atoms with Gasteiger partial charge in [0.1, 0.15) is 11.7 Å². The number of benzene rings is 3. The fraction of sp³-hybridized carbons (Fsp3) is 0.0500. The Kier molecular flexibility index (Phi) is 3.18. The minimum Gasteiger partial charge on any atom is -0.508 e. The van der Waals surface area contributed by atoms with Gasteiger partial charge in [0.15, 0.2) is 11.6 Å². The van der Waals surface area contributed by atoms with E-state index in [-0.39, 0.29) is 28.0 Å². The summed E-state index contributed by atoms with van der Waals surface area (Å²) in [4.78, 5) is 36.5. The first-order valence-corrected chi connectivity index (χ1v) is 7.65. The van der Waals surface area contributed by atoms with Crippen molar-refractivity contribution in [3.8, 4) is 5.75 Å². The van der Waals surface area contributed by atoms with Crippen LogP contribution < -0.4 is 0 Å². The van der Waals surface area contributed by atoms with Crippen molar-refractivity contribution in [2.75, 3.05) is 0 Å². The first-order valence-electron chi connectivity index (χ1n) is 7.65. The summed E-state index contributed by atoms with van der Waals surface area (Å²) in [5, 5.41) is 21.0. The largest absolute Gasteiger partial charge is 0.508 e. The number of ketones is 2. The second kappa shape index (κ2) is 5.27. The van der Waals surface area contributed by atoms with Gasteiger partial charge in [-0.25, -0.2) is 4.79 Å². The van der Waals surface area contributed by atoms with E-state index in [1.165, 1.54) is 24.3 Å². The van der Waals surface area contributed by atoms with E-state index in [2.05, 4.69) is 0 Å². The van der Waals surface area contributed by atoms with E-state index in [9.17, 15) is 19.5 Å². The van der Waals surface area contributed by atoms with Crippen LogP contribution in [0.4, 0.5) is 0 Å². The second-order valence-corrected chi connectivity index (χ2v) is 5.99. The fourth-order valence-corrected chi connectivity index (χ4v) is 3.29. The van der Waals surface area contributed by atoms with Gasteiger partial charge in [-0.2, -0.15) is 0 Å². The number of carbonyl (C=O) groups excluding carboxylic acids is 2. The smallest absolute Gasteiger partial charge is 0.335 e. The normalized spacial score (nSPS) is 16.2. The molecular weight excluding hydrogens is 320 g/mol. The van der Waals surface area contributed by atoms with Crippen LogP contribution in [0.1, 0.15) is 42.6 Å². The standard InChI is InChI=1S/C20H12O5/c21-16-9-11-4-2-1-3-10(11)7-15(16)17-18(22)13-6-5-12(20(24)25)8-14(13)19(17)23/h1-9,17,21H,(H,24,25). The van der Waals surface area contributed by atoms with Gasteiger partial charge in [0.05, 0.1) is 5.56 Å². The van der Waals surface area contributed by atoms with E-state index < -0.39 is 23.5 Å². The molecule has 0 spiro atoms. The van der Waals surface area contributed by atoms with Crippen LogP contribution in [-0.2, 0) is 0 Å². The van der Waals surface area contributed by atoms with Crippen LogP contribution in [0, 0.1) is 0 Å². The van der Waals surface area contributed by atoms with E-state index in [1.807, 2.05) is 24.3 Å². The predicted octanol–water partition coefficient (Wildman–Crippen LogP) is 3.41. The molecule has 0 saturated carbocycles. The SMILES string of the molecule is O=C(O)c1ccc2c(c1)C(=O)C(c1cc3ccccc3cc1O)C2=O. The Labute approximate surface area is 142 Å². The van der Waals surface area contributed by atoms with Crippen LogP contribution in [0.5, 0.6) is 5.75 Å². The lowest BCUT2D eigenvalue weighted by Crippen LogP contribution is -2.13. The molecule has 2 N–H and O–H groups in total. The van der Waals surface area contributed by atoms with Gasteiger partial charge in [0, 0.05) is 16.7 Å². The Balaban J connectivity index is 1.87. The average molecular weight is 332 g/mol. The van der Waals surface area contributed by atoms with Crippen molar-refractivity contribution < 1.29 is 24.6 Å². The molecule has 1 aliphatic carbocycles. The molecule has 0 radical (unpaired) electrons. The van der Waals surface area contributed by atoms with Crippen LogP contribution in [0.3, 0.4) is 0 Å². The lowest BCUT2D eigenvalue weighted by atomic mass is 9.91. The number of carboxylic acid groups (broad SMARTS) is 1. The molecule has 0 fully saturated rings. The molecule has 1 aliphatic rings. The molecule has 5 nitrogen and oxygen atoms in total. The average Bonchev–Trinajstić information content (AvgIpc) is 2.85. The molecular formula is C20H12O5. The topological polar surface area (TPSA) is 91.7 Å². The summed E-state index contributed by atoms with van der Waals surface area (Å²) in [7, 11) is 0. The molecule has 0 saturated heterocycles. The highest BCUT2D eigenvalue weighted by Gasteiger charge is 2.41. The molecule has 5 heteroatoms. The van der Waals surface area contributed by atoms with Crippen molar-refractivity contribution in [2.24, 2.45) is 0 Å². The van der Waals surface area contributed by atoms with Gasteiger partial charge in [-0.3, -0.25) is 9.59 Å². The lowest BCUT2D eigenvalue weighted by molar-refractivity contribution is 0.0696. The molecule has 0 amide bonds. The number of fused-ring (bicyclic) bond motifs is 2. The maximum absolute atomic E-state index is 12.7. The number of hydrogen-bond acceptors (Lipinski definition) is 4. The summed E-state index contributed by atoms with van der Waals surface area (Å²) < 4.78 is 0. The Hall–Kier alpha value is -3.47. The van der Waals surface area contributed by atoms with E-state index >= 15 is 0 Å². The molecule has 4 rings (SSSR count). The number of Topliss-reactive ketones (excluding diaryl/α,β-unsaturated/α-hetero) is 2. The van der Waals surface area contributed by atoms with E-state index in [1.54, 1.807) is 6.07 Å². The highest BCUT2D eigenvalue weighted by atomic mass is 16.4. The Bertz CT molecular complexity index is 1080. The number of carbonyl (C=O) groups is 3. The zero-order valence-corrected chi connectivity index (χ0v) is 12.9. The van der Waals surface area contributed by atoms with Crippen LogP contribution in [0.15, 0.2) is 54.6 Å². The molecule has 122 valence electrons. The third kappa shape index (κ3) is 2.21. The third-order valence-corrected chi connectivity index (χ3v) is 4.53. The van der Waals surface area contributed by atoms with Gasteiger partial charge >= 0.3 is 5.97 Å². The zero-order chi connectivity index (χ0) is 17.7. The quantitative estimate of drug-likeness (QED) is 0.702. The first kappa shape index (κ1) is 15.1. The number of hydrogen-bond donors (Lipinski definition) is 2. The van der Waals surface area contributed by atoms with Crippen molar-refractivity contribution in [3.05, 3.63) is 76.9 Å². The molecule has 0 bridgehead atoms. The van der Waals surface area contributed by atoms with Gasteiger partial charge in [-0.05, 0) is 41.1 Å². The van der Waals surface area contributed by atoms with Crippen molar-refractivity contribution >= 4 is 28.3 Å². The summed E-state index contributed by atoms with van der Waals surface area (Å²) >= 11 is 0. The van der Waals surface area contributed by atoms with Crippen LogP contribution >= 0.6 is 0 Å². The minimum absolute atomic E-state index is 0.0525. The maximum Gasteiger partial charge on any atom is 0.335 e. The number of carboxylic acids is 1. The highest BCUT2D eigenvalue weighted by Crippen LogP contribution is 2.39. The van der Waals surface area contributed by atoms with Crippen molar-refractivity contribution in [3.63, 3.8) is 0 Å². The lowest BCUT2D eigenvalue weighted by Gasteiger charge is -2.11.